The first-order valence-electron chi connectivity index (χ1n) is 8.44. The maximum absolute atomic E-state index is 10.6. The molecule has 0 saturated heterocycles. The van der Waals surface area contributed by atoms with Crippen LogP contribution in [0.15, 0.2) is 36.4 Å². The number of carboxylic acid groups (broad SMARTS) is 2. The number of aromatic hydroxyl groups is 1. The molecule has 2 aromatic carbocycles. The molecule has 0 fully saturated rings. The van der Waals surface area contributed by atoms with E-state index in [0.29, 0.717) is 12.2 Å². The number of carboxylic acids is 2. The van der Waals surface area contributed by atoms with E-state index in [4.69, 9.17) is 14.9 Å². The molecule has 2 aromatic rings. The lowest BCUT2D eigenvalue weighted by Crippen LogP contribution is -1.98. The first kappa shape index (κ1) is 27.5. The molecule has 0 heterocycles. The summed E-state index contributed by atoms with van der Waals surface area (Å²) in [6, 6.07) is 9.29. The molecule has 0 spiro atoms. The van der Waals surface area contributed by atoms with Gasteiger partial charge in [-0.1, -0.05) is 26.0 Å². The highest BCUT2D eigenvalue weighted by Crippen LogP contribution is 2.20. The molecule has 158 valence electrons. The van der Waals surface area contributed by atoms with E-state index < -0.39 is 11.9 Å². The van der Waals surface area contributed by atoms with Gasteiger partial charge in [0.25, 0.3) is 0 Å². The molecule has 3 N–H and O–H groups in total. The first-order chi connectivity index (χ1) is 13.6. The second kappa shape index (κ2) is 14.5. The molecule has 0 bridgehead atoms. The summed E-state index contributed by atoms with van der Waals surface area (Å²) in [5.74, 6) is -1.26. The lowest BCUT2D eigenvalue weighted by atomic mass is 10.1. The second-order valence-electron chi connectivity index (χ2n) is 5.43. The predicted molar refractivity (Wildman–Crippen MR) is 126 cm³/mol. The van der Waals surface area contributed by atoms with Crippen molar-refractivity contribution < 1.29 is 29.6 Å². The quantitative estimate of drug-likeness (QED) is 0.379. The Morgan fingerprint density at radius 1 is 0.897 bits per heavy atom. The summed E-state index contributed by atoms with van der Waals surface area (Å²) in [7, 11) is 1.54. The van der Waals surface area contributed by atoms with Crippen molar-refractivity contribution in [3.63, 3.8) is 0 Å². The molecule has 10 heteroatoms. The summed E-state index contributed by atoms with van der Waals surface area (Å²) in [5, 5.41) is 26.6. The molecule has 0 radical (unpaired) electrons. The van der Waals surface area contributed by atoms with Crippen LogP contribution in [0.5, 0.6) is 11.5 Å². The summed E-state index contributed by atoms with van der Waals surface area (Å²) in [6.45, 7) is 3.90. The van der Waals surface area contributed by atoms with E-state index >= 15 is 0 Å². The minimum Gasteiger partial charge on any atom is -0.508 e. The van der Waals surface area contributed by atoms with E-state index in [1.165, 1.54) is 12.1 Å². The van der Waals surface area contributed by atoms with Gasteiger partial charge in [0.15, 0.2) is 0 Å². The zero-order valence-corrected chi connectivity index (χ0v) is 20.9. The Balaban J connectivity index is 0.000000459. The van der Waals surface area contributed by atoms with Crippen LogP contribution >= 0.6 is 47.3 Å². The van der Waals surface area contributed by atoms with Crippen molar-refractivity contribution in [2.24, 2.45) is 0 Å². The number of phenolic OH excluding ortho intramolecular Hbond substituents is 1. The van der Waals surface area contributed by atoms with Crippen LogP contribution in [0.25, 0.3) is 0 Å². The average Bonchev–Trinajstić information content (AvgIpc) is 2.67. The number of aryl methyl sites for hydroxylation is 2. The van der Waals surface area contributed by atoms with Gasteiger partial charge in [-0.2, -0.15) is 0 Å². The average molecular weight is 597 g/mol. The molecule has 6 nitrogen and oxygen atoms in total. The number of phenols is 1. The highest BCUT2D eigenvalue weighted by Gasteiger charge is 2.07. The third kappa shape index (κ3) is 10.7. The van der Waals surface area contributed by atoms with Gasteiger partial charge < -0.3 is 20.1 Å². The van der Waals surface area contributed by atoms with Gasteiger partial charge in [0.1, 0.15) is 11.5 Å². The van der Waals surface area contributed by atoms with Crippen LogP contribution in [0.2, 0.25) is 0 Å². The Hall–Kier alpha value is -1.52. The van der Waals surface area contributed by atoms with Crippen molar-refractivity contribution in [1.29, 1.82) is 0 Å². The van der Waals surface area contributed by atoms with Gasteiger partial charge >= 0.3 is 15.1 Å². The number of rotatable bonds is 5. The van der Waals surface area contributed by atoms with E-state index in [1.54, 1.807) is 31.4 Å². The Morgan fingerprint density at radius 3 is 1.66 bits per heavy atom. The molecular weight excluding hydrogens is 575 g/mol. The molecule has 0 atom stereocenters. The van der Waals surface area contributed by atoms with Gasteiger partial charge in [-0.05, 0) is 48.2 Å². The second-order valence-corrected chi connectivity index (χ2v) is 11.9. The van der Waals surface area contributed by atoms with Crippen molar-refractivity contribution in [3.05, 3.63) is 58.7 Å². The number of benzene rings is 2. The summed E-state index contributed by atoms with van der Waals surface area (Å²) in [6.07, 6.45) is 1.54. The maximum atomic E-state index is 10.6. The van der Waals surface area contributed by atoms with Gasteiger partial charge in [-0.3, -0.25) is 0 Å². The minimum absolute atomic E-state index is 0.0531. The zero-order valence-electron chi connectivity index (χ0n) is 16.2. The van der Waals surface area contributed by atoms with Gasteiger partial charge in [-0.25, -0.2) is 9.59 Å². The maximum Gasteiger partial charge on any atom is 0.369 e. The van der Waals surface area contributed by atoms with Crippen molar-refractivity contribution in [1.82, 2.24) is 0 Å². The Labute approximate surface area is 195 Å². The molecule has 0 aliphatic rings. The highest BCUT2D eigenvalue weighted by molar-refractivity contribution is 9.69. The van der Waals surface area contributed by atoms with Gasteiger partial charge in [0, 0.05) is 0 Å². The molecule has 0 saturated carbocycles. The van der Waals surface area contributed by atoms with Crippen molar-refractivity contribution in [2.75, 3.05) is 7.11 Å². The van der Waals surface area contributed by atoms with Crippen LogP contribution in [0.4, 0.5) is 0 Å². The molecule has 29 heavy (non-hydrogen) atoms. The molecular formula is C19H22BBr3O6. The van der Waals surface area contributed by atoms with Gasteiger partial charge in [0.2, 0.25) is 0 Å². The number of carbonyl (C=O) groups is 2. The normalized spacial score (nSPS) is 9.31. The highest BCUT2D eigenvalue weighted by atomic mass is 79.9. The van der Waals surface area contributed by atoms with Gasteiger partial charge in [0.05, 0.1) is 18.2 Å². The van der Waals surface area contributed by atoms with E-state index in [-0.39, 0.29) is 20.1 Å². The largest absolute Gasteiger partial charge is 0.508 e. The molecule has 0 amide bonds. The van der Waals surface area contributed by atoms with Crippen molar-refractivity contribution in [2.45, 2.75) is 26.7 Å². The molecule has 0 aliphatic carbocycles. The molecule has 0 unspecified atom stereocenters. The number of halogens is 3. The lowest BCUT2D eigenvalue weighted by Gasteiger charge is -2.06. The van der Waals surface area contributed by atoms with E-state index in [1.807, 2.05) is 13.8 Å². The lowest BCUT2D eigenvalue weighted by molar-refractivity contribution is 0.0685. The zero-order chi connectivity index (χ0) is 22.6. The van der Waals surface area contributed by atoms with E-state index in [2.05, 4.69) is 47.3 Å². The van der Waals surface area contributed by atoms with Crippen molar-refractivity contribution >= 4 is 62.4 Å². The fraction of sp³-hybridized carbons (Fsp3) is 0.263. The summed E-state index contributed by atoms with van der Waals surface area (Å²) in [4.78, 5) is 21.1. The monoisotopic (exact) mass is 594 g/mol. The summed E-state index contributed by atoms with van der Waals surface area (Å²) >= 11 is 9.31. The predicted octanol–water partition coefficient (Wildman–Crippen LogP) is 5.76. The van der Waals surface area contributed by atoms with Crippen molar-refractivity contribution in [3.8, 4) is 11.5 Å². The van der Waals surface area contributed by atoms with Gasteiger partial charge in [-0.15, -0.1) is 47.3 Å². The Bertz CT molecular complexity index is 812. The Kier molecular flexibility index (Phi) is 13.7. The van der Waals surface area contributed by atoms with Crippen LogP contribution in [-0.4, -0.2) is 37.6 Å². The number of hydrogen-bond acceptors (Lipinski definition) is 4. The number of hydrogen-bond donors (Lipinski definition) is 3. The Morgan fingerprint density at radius 2 is 1.31 bits per heavy atom. The third-order valence-corrected chi connectivity index (χ3v) is 3.63. The third-order valence-electron chi connectivity index (χ3n) is 3.63. The fourth-order valence-electron chi connectivity index (χ4n) is 2.17. The standard InChI is InChI=1S/C10H12O3.C9H10O3.BBr3/c1-3-7-4-5-8(10(11)12)6-9(7)13-2;1-2-6-3-4-7(9(11)12)5-8(6)10;2-1(3)4/h4-6H,3H2,1-2H3,(H,11,12);3-5,10H,2H2,1H3,(H,11,12);. The fourth-order valence-corrected chi connectivity index (χ4v) is 2.17. The number of aromatic carboxylic acids is 2. The van der Waals surface area contributed by atoms with Crippen LogP contribution in [0.3, 0.4) is 0 Å². The summed E-state index contributed by atoms with van der Waals surface area (Å²) < 4.78 is 5.33. The molecule has 0 aliphatic heterocycles. The van der Waals surface area contributed by atoms with Crippen LogP contribution < -0.4 is 4.74 Å². The molecule has 0 aromatic heterocycles. The summed E-state index contributed by atoms with van der Waals surface area (Å²) in [5.41, 5.74) is 2.16. The van der Waals surface area contributed by atoms with E-state index in [0.717, 1.165) is 17.5 Å². The van der Waals surface area contributed by atoms with Crippen LogP contribution in [-0.2, 0) is 12.8 Å². The smallest absolute Gasteiger partial charge is 0.369 e. The topological polar surface area (TPSA) is 104 Å². The van der Waals surface area contributed by atoms with E-state index in [9.17, 15) is 14.7 Å². The SMILES string of the molecule is BrB(Br)Br.CCc1ccc(C(=O)O)cc1O.CCc1ccc(C(=O)O)cc1OC. The molecule has 2 rings (SSSR count). The van der Waals surface area contributed by atoms with Crippen LogP contribution in [0, 0.1) is 0 Å². The minimum atomic E-state index is -1.02. The number of ether oxygens (including phenoxy) is 1. The first-order valence-corrected chi connectivity index (χ1v) is 11.2. The van der Waals surface area contributed by atoms with Crippen LogP contribution in [0.1, 0.15) is 45.7 Å². The number of methoxy groups -OCH3 is 1.